The molecule has 0 aliphatic carbocycles. The number of carboxylic acid groups (broad SMARTS) is 1. The van der Waals surface area contributed by atoms with Crippen LogP contribution in [-0.2, 0) is 4.79 Å². The molecule has 0 saturated carbocycles. The lowest BCUT2D eigenvalue weighted by Gasteiger charge is -2.09. The molecule has 0 radical (unpaired) electrons. The molecule has 1 rings (SSSR count). The van der Waals surface area contributed by atoms with Crippen LogP contribution in [0.5, 0.6) is 0 Å². The molecule has 0 aliphatic rings. The van der Waals surface area contributed by atoms with Crippen molar-refractivity contribution in [2.75, 3.05) is 0 Å². The third-order valence-corrected chi connectivity index (χ3v) is 2.67. The number of carboxylic acids is 1. The summed E-state index contributed by atoms with van der Waals surface area (Å²) in [6.07, 6.45) is 1.53. The Morgan fingerprint density at radius 2 is 2.43 bits per heavy atom. The van der Waals surface area contributed by atoms with Crippen LogP contribution in [0.15, 0.2) is 16.7 Å². The Balaban J connectivity index is 2.85. The maximum atomic E-state index is 10.4. The summed E-state index contributed by atoms with van der Waals surface area (Å²) < 4.78 is 0.892. The van der Waals surface area contributed by atoms with Crippen LogP contribution in [0, 0.1) is 6.92 Å². The van der Waals surface area contributed by atoms with Crippen molar-refractivity contribution in [2.45, 2.75) is 19.4 Å². The van der Waals surface area contributed by atoms with E-state index in [4.69, 9.17) is 10.8 Å². The molecule has 0 saturated heterocycles. The fourth-order valence-electron chi connectivity index (χ4n) is 1.06. The number of pyridine rings is 1. The SMILES string of the molecule is Cc1cc([C@H](N)CC(=O)O)ncc1Br. The number of hydrogen-bond donors (Lipinski definition) is 2. The lowest BCUT2D eigenvalue weighted by Crippen LogP contribution is -2.16. The Kier molecular flexibility index (Phi) is 3.60. The molecule has 0 fully saturated rings. The molecular weight excluding hydrogens is 248 g/mol. The summed E-state index contributed by atoms with van der Waals surface area (Å²) in [7, 11) is 0. The molecule has 5 heteroatoms. The van der Waals surface area contributed by atoms with Gasteiger partial charge in [0.2, 0.25) is 0 Å². The number of nitrogens with two attached hydrogens (primary N) is 1. The van der Waals surface area contributed by atoms with Crippen LogP contribution in [0.4, 0.5) is 0 Å². The summed E-state index contributed by atoms with van der Waals surface area (Å²) in [5, 5.41) is 8.55. The summed E-state index contributed by atoms with van der Waals surface area (Å²) in [6, 6.07) is 1.25. The van der Waals surface area contributed by atoms with Crippen molar-refractivity contribution in [1.29, 1.82) is 0 Å². The Bertz CT molecular complexity index is 355. The highest BCUT2D eigenvalue weighted by Gasteiger charge is 2.12. The first-order valence-corrected chi connectivity index (χ1v) is 4.89. The lowest BCUT2D eigenvalue weighted by molar-refractivity contribution is -0.137. The van der Waals surface area contributed by atoms with Crippen LogP contribution >= 0.6 is 15.9 Å². The van der Waals surface area contributed by atoms with Gasteiger partial charge in [0.15, 0.2) is 0 Å². The molecule has 1 aromatic rings. The predicted molar refractivity (Wildman–Crippen MR) is 55.9 cm³/mol. The predicted octanol–water partition coefficient (Wildman–Crippen LogP) is 1.63. The maximum absolute atomic E-state index is 10.4. The fraction of sp³-hybridized carbons (Fsp3) is 0.333. The molecule has 0 amide bonds. The van der Waals surface area contributed by atoms with Gasteiger partial charge in [-0.1, -0.05) is 0 Å². The second kappa shape index (κ2) is 4.52. The summed E-state index contributed by atoms with van der Waals surface area (Å²) >= 11 is 3.31. The van der Waals surface area contributed by atoms with E-state index in [-0.39, 0.29) is 6.42 Å². The van der Waals surface area contributed by atoms with Crippen molar-refractivity contribution in [3.8, 4) is 0 Å². The largest absolute Gasteiger partial charge is 0.481 e. The van der Waals surface area contributed by atoms with E-state index < -0.39 is 12.0 Å². The summed E-state index contributed by atoms with van der Waals surface area (Å²) in [4.78, 5) is 14.5. The first-order valence-electron chi connectivity index (χ1n) is 4.10. The van der Waals surface area contributed by atoms with Gasteiger partial charge in [-0.2, -0.15) is 0 Å². The van der Waals surface area contributed by atoms with Gasteiger partial charge in [-0.15, -0.1) is 0 Å². The van der Waals surface area contributed by atoms with E-state index in [1.165, 1.54) is 0 Å². The third-order valence-electron chi connectivity index (χ3n) is 1.84. The van der Waals surface area contributed by atoms with Gasteiger partial charge >= 0.3 is 5.97 Å². The molecule has 0 spiro atoms. The van der Waals surface area contributed by atoms with Gasteiger partial charge in [-0.25, -0.2) is 0 Å². The summed E-state index contributed by atoms with van der Waals surface area (Å²) in [5.41, 5.74) is 7.26. The minimum atomic E-state index is -0.917. The number of halogens is 1. The van der Waals surface area contributed by atoms with Crippen LogP contribution in [0.25, 0.3) is 0 Å². The Labute approximate surface area is 90.3 Å². The first kappa shape index (κ1) is 11.1. The molecule has 76 valence electrons. The van der Waals surface area contributed by atoms with Crippen LogP contribution < -0.4 is 5.73 Å². The number of aliphatic carboxylic acids is 1. The molecule has 0 aliphatic heterocycles. The molecule has 0 bridgehead atoms. The second-order valence-corrected chi connectivity index (χ2v) is 3.92. The molecule has 3 N–H and O–H groups in total. The number of hydrogen-bond acceptors (Lipinski definition) is 3. The normalized spacial score (nSPS) is 12.5. The molecule has 14 heavy (non-hydrogen) atoms. The monoisotopic (exact) mass is 258 g/mol. The van der Waals surface area contributed by atoms with Crippen LogP contribution in [-0.4, -0.2) is 16.1 Å². The quantitative estimate of drug-likeness (QED) is 0.864. The minimum Gasteiger partial charge on any atom is -0.481 e. The van der Waals surface area contributed by atoms with Gasteiger partial charge in [-0.05, 0) is 34.5 Å². The zero-order valence-corrected chi connectivity index (χ0v) is 9.28. The van der Waals surface area contributed by atoms with Crippen LogP contribution in [0.3, 0.4) is 0 Å². The van der Waals surface area contributed by atoms with Crippen LogP contribution in [0.1, 0.15) is 23.7 Å². The van der Waals surface area contributed by atoms with E-state index in [1.807, 2.05) is 6.92 Å². The van der Waals surface area contributed by atoms with Crippen molar-refractivity contribution >= 4 is 21.9 Å². The zero-order chi connectivity index (χ0) is 10.7. The molecular formula is C9H11BrN2O2. The van der Waals surface area contributed by atoms with Crippen molar-refractivity contribution in [3.63, 3.8) is 0 Å². The minimum absolute atomic E-state index is 0.103. The van der Waals surface area contributed by atoms with E-state index in [1.54, 1.807) is 12.3 Å². The molecule has 1 aromatic heterocycles. The Hall–Kier alpha value is -0.940. The van der Waals surface area contributed by atoms with Gasteiger partial charge < -0.3 is 10.8 Å². The highest BCUT2D eigenvalue weighted by Crippen LogP contribution is 2.19. The van der Waals surface area contributed by atoms with Gasteiger partial charge in [0, 0.05) is 10.7 Å². The first-order chi connectivity index (χ1) is 6.50. The third kappa shape index (κ3) is 2.78. The van der Waals surface area contributed by atoms with E-state index >= 15 is 0 Å². The van der Waals surface area contributed by atoms with Gasteiger partial charge in [0.25, 0.3) is 0 Å². The van der Waals surface area contributed by atoms with Crippen LogP contribution in [0.2, 0.25) is 0 Å². The van der Waals surface area contributed by atoms with Gasteiger partial charge in [0.05, 0.1) is 18.2 Å². The Morgan fingerprint density at radius 3 is 2.93 bits per heavy atom. The van der Waals surface area contributed by atoms with E-state index in [2.05, 4.69) is 20.9 Å². The highest BCUT2D eigenvalue weighted by atomic mass is 79.9. The highest BCUT2D eigenvalue weighted by molar-refractivity contribution is 9.10. The molecule has 1 atom stereocenters. The van der Waals surface area contributed by atoms with Gasteiger partial charge in [-0.3, -0.25) is 9.78 Å². The average Bonchev–Trinajstić information content (AvgIpc) is 2.08. The standard InChI is InChI=1S/C9H11BrN2O2/c1-5-2-8(12-4-6(5)10)7(11)3-9(13)14/h2,4,7H,3,11H2,1H3,(H,13,14)/t7-/m1/s1. The lowest BCUT2D eigenvalue weighted by atomic mass is 10.1. The number of aryl methyl sites for hydroxylation is 1. The van der Waals surface area contributed by atoms with Crippen molar-refractivity contribution < 1.29 is 9.90 Å². The smallest absolute Gasteiger partial charge is 0.305 e. The second-order valence-electron chi connectivity index (χ2n) is 3.06. The zero-order valence-electron chi connectivity index (χ0n) is 7.70. The van der Waals surface area contributed by atoms with Crippen molar-refractivity contribution in [3.05, 3.63) is 28.0 Å². The molecule has 4 nitrogen and oxygen atoms in total. The molecule has 0 aromatic carbocycles. The number of nitrogens with zero attached hydrogens (tertiary/aromatic N) is 1. The fourth-order valence-corrected chi connectivity index (χ4v) is 1.27. The maximum Gasteiger partial charge on any atom is 0.305 e. The van der Waals surface area contributed by atoms with Gasteiger partial charge in [0.1, 0.15) is 0 Å². The molecule has 0 unspecified atom stereocenters. The Morgan fingerprint density at radius 1 is 1.79 bits per heavy atom. The number of rotatable bonds is 3. The summed E-state index contributed by atoms with van der Waals surface area (Å²) in [6.45, 7) is 1.91. The van der Waals surface area contributed by atoms with E-state index in [0.717, 1.165) is 10.0 Å². The van der Waals surface area contributed by atoms with Crippen molar-refractivity contribution in [1.82, 2.24) is 4.98 Å². The number of carbonyl (C=O) groups is 1. The van der Waals surface area contributed by atoms with E-state index in [0.29, 0.717) is 5.69 Å². The number of aromatic nitrogens is 1. The average molecular weight is 259 g/mol. The topological polar surface area (TPSA) is 76.2 Å². The molecule has 1 heterocycles. The van der Waals surface area contributed by atoms with Crippen molar-refractivity contribution in [2.24, 2.45) is 5.73 Å². The van der Waals surface area contributed by atoms with E-state index in [9.17, 15) is 4.79 Å². The summed E-state index contributed by atoms with van der Waals surface area (Å²) in [5.74, 6) is -0.917.